The van der Waals surface area contributed by atoms with Crippen molar-refractivity contribution < 1.29 is 4.74 Å². The molecule has 0 unspecified atom stereocenters. The van der Waals surface area contributed by atoms with Crippen molar-refractivity contribution in [1.82, 2.24) is 9.80 Å². The van der Waals surface area contributed by atoms with Gasteiger partial charge in [-0.2, -0.15) is 0 Å². The van der Waals surface area contributed by atoms with Crippen LogP contribution in [0.2, 0.25) is 0 Å². The topological polar surface area (TPSA) is 41.7 Å². The Kier molecular flexibility index (Phi) is 7.09. The van der Waals surface area contributed by atoms with E-state index in [0.29, 0.717) is 0 Å². The van der Waals surface area contributed by atoms with E-state index in [2.05, 4.69) is 34.1 Å². The van der Waals surface area contributed by atoms with Crippen LogP contribution in [-0.2, 0) is 17.7 Å². The number of piperidine rings is 1. The maximum absolute atomic E-state index is 5.70. The summed E-state index contributed by atoms with van der Waals surface area (Å²) in [6.07, 6.45) is 6.36. The number of nitrogens with two attached hydrogens (primary N) is 1. The van der Waals surface area contributed by atoms with Gasteiger partial charge >= 0.3 is 0 Å². The Morgan fingerprint density at radius 2 is 1.92 bits per heavy atom. The van der Waals surface area contributed by atoms with E-state index in [-0.39, 0.29) is 0 Å². The Labute approximate surface area is 147 Å². The summed E-state index contributed by atoms with van der Waals surface area (Å²) >= 11 is 0. The molecule has 1 atom stereocenters. The molecule has 0 radical (unpaired) electrons. The van der Waals surface area contributed by atoms with Crippen LogP contribution in [0.3, 0.4) is 0 Å². The lowest BCUT2D eigenvalue weighted by atomic mass is 9.97. The van der Waals surface area contributed by atoms with Gasteiger partial charge < -0.3 is 10.5 Å². The van der Waals surface area contributed by atoms with E-state index in [1.165, 1.54) is 49.9 Å². The van der Waals surface area contributed by atoms with Gasteiger partial charge in [-0.25, -0.2) is 0 Å². The Bertz CT molecular complexity index is 488. The van der Waals surface area contributed by atoms with Gasteiger partial charge in [0.15, 0.2) is 0 Å². The normalized spacial score (nSPS) is 23.5. The van der Waals surface area contributed by atoms with Crippen LogP contribution in [0.4, 0.5) is 0 Å². The van der Waals surface area contributed by atoms with Crippen molar-refractivity contribution in [2.45, 2.75) is 44.7 Å². The molecule has 0 spiro atoms. The highest BCUT2D eigenvalue weighted by Gasteiger charge is 2.23. The molecule has 2 saturated heterocycles. The largest absolute Gasteiger partial charge is 0.379 e. The molecule has 4 heteroatoms. The molecule has 2 heterocycles. The van der Waals surface area contributed by atoms with Gasteiger partial charge in [0.05, 0.1) is 13.2 Å². The van der Waals surface area contributed by atoms with E-state index in [4.69, 9.17) is 10.5 Å². The lowest BCUT2D eigenvalue weighted by molar-refractivity contribution is 0.0302. The molecule has 0 bridgehead atoms. The van der Waals surface area contributed by atoms with E-state index in [0.717, 1.165) is 51.9 Å². The van der Waals surface area contributed by atoms with Gasteiger partial charge in [0.1, 0.15) is 0 Å². The molecule has 1 aromatic rings. The van der Waals surface area contributed by atoms with Crippen molar-refractivity contribution in [3.63, 3.8) is 0 Å². The summed E-state index contributed by atoms with van der Waals surface area (Å²) in [4.78, 5) is 5.28. The molecular formula is C20H33N3O. The molecule has 3 rings (SSSR count). The highest BCUT2D eigenvalue weighted by atomic mass is 16.5. The summed E-state index contributed by atoms with van der Waals surface area (Å²) in [5.41, 5.74) is 8.52. The summed E-state index contributed by atoms with van der Waals surface area (Å²) < 4.78 is 5.46. The van der Waals surface area contributed by atoms with Gasteiger partial charge in [-0.3, -0.25) is 9.80 Å². The Morgan fingerprint density at radius 1 is 1.08 bits per heavy atom. The maximum Gasteiger partial charge on any atom is 0.0594 e. The molecular weight excluding hydrogens is 298 g/mol. The molecule has 4 nitrogen and oxygen atoms in total. The molecule has 0 amide bonds. The van der Waals surface area contributed by atoms with Crippen molar-refractivity contribution in [1.29, 1.82) is 0 Å². The number of hydrogen-bond donors (Lipinski definition) is 1. The summed E-state index contributed by atoms with van der Waals surface area (Å²) in [6, 6.07) is 9.74. The van der Waals surface area contributed by atoms with Crippen LogP contribution in [0.5, 0.6) is 0 Å². The Balaban J connectivity index is 1.54. The quantitative estimate of drug-likeness (QED) is 0.832. The molecule has 134 valence electrons. The Hall–Kier alpha value is -0.940. The molecule has 2 N–H and O–H groups in total. The van der Waals surface area contributed by atoms with E-state index < -0.39 is 0 Å². The molecule has 1 aromatic carbocycles. The van der Waals surface area contributed by atoms with Crippen LogP contribution in [0.25, 0.3) is 0 Å². The fourth-order valence-electron chi connectivity index (χ4n) is 4.04. The molecule has 0 saturated carbocycles. The Morgan fingerprint density at radius 3 is 2.75 bits per heavy atom. The second-order valence-electron chi connectivity index (χ2n) is 7.22. The zero-order valence-corrected chi connectivity index (χ0v) is 15.0. The highest BCUT2D eigenvalue weighted by molar-refractivity contribution is 5.23. The third-order valence-corrected chi connectivity index (χ3v) is 5.44. The predicted octanol–water partition coefficient (Wildman–Crippen LogP) is 2.26. The van der Waals surface area contributed by atoms with E-state index >= 15 is 0 Å². The van der Waals surface area contributed by atoms with Crippen LogP contribution in [0.15, 0.2) is 24.3 Å². The van der Waals surface area contributed by atoms with E-state index in [1.54, 1.807) is 0 Å². The molecule has 2 aliphatic rings. The number of rotatable bonds is 7. The zero-order valence-electron chi connectivity index (χ0n) is 15.0. The van der Waals surface area contributed by atoms with E-state index in [1.807, 2.05) is 0 Å². The van der Waals surface area contributed by atoms with E-state index in [9.17, 15) is 0 Å². The predicted molar refractivity (Wildman–Crippen MR) is 99.1 cm³/mol. The van der Waals surface area contributed by atoms with Crippen molar-refractivity contribution in [2.24, 2.45) is 5.73 Å². The first-order valence-electron chi connectivity index (χ1n) is 9.67. The number of likely N-dealkylation sites (tertiary alicyclic amines) is 1. The van der Waals surface area contributed by atoms with Crippen LogP contribution in [0.1, 0.15) is 36.8 Å². The van der Waals surface area contributed by atoms with Crippen LogP contribution >= 0.6 is 0 Å². The van der Waals surface area contributed by atoms with Crippen molar-refractivity contribution in [2.75, 3.05) is 45.9 Å². The first-order valence-corrected chi connectivity index (χ1v) is 9.67. The summed E-state index contributed by atoms with van der Waals surface area (Å²) in [7, 11) is 0. The fraction of sp³-hybridized carbons (Fsp3) is 0.700. The zero-order chi connectivity index (χ0) is 16.6. The maximum atomic E-state index is 5.70. The average molecular weight is 332 g/mol. The van der Waals surface area contributed by atoms with Crippen molar-refractivity contribution in [3.05, 3.63) is 35.4 Å². The van der Waals surface area contributed by atoms with Crippen molar-refractivity contribution in [3.8, 4) is 0 Å². The SMILES string of the molecule is NCCc1cccc(CN2CCCC[C@H]2CCN2CCOCC2)c1. The molecule has 0 aromatic heterocycles. The fourth-order valence-corrected chi connectivity index (χ4v) is 4.04. The number of hydrogen-bond acceptors (Lipinski definition) is 4. The van der Waals surface area contributed by atoms with Gasteiger partial charge in [0.25, 0.3) is 0 Å². The van der Waals surface area contributed by atoms with Gasteiger partial charge in [0.2, 0.25) is 0 Å². The van der Waals surface area contributed by atoms with Gasteiger partial charge in [-0.15, -0.1) is 0 Å². The minimum atomic E-state index is 0.731. The second-order valence-corrected chi connectivity index (χ2v) is 7.22. The molecule has 0 aliphatic carbocycles. The molecule has 2 fully saturated rings. The number of morpholine rings is 1. The van der Waals surface area contributed by atoms with Crippen LogP contribution in [-0.4, -0.2) is 61.8 Å². The average Bonchev–Trinajstić information content (AvgIpc) is 2.62. The minimum Gasteiger partial charge on any atom is -0.379 e. The number of benzene rings is 1. The first kappa shape index (κ1) is 17.9. The highest BCUT2D eigenvalue weighted by Crippen LogP contribution is 2.23. The first-order chi connectivity index (χ1) is 11.8. The van der Waals surface area contributed by atoms with Crippen LogP contribution < -0.4 is 5.73 Å². The van der Waals surface area contributed by atoms with Gasteiger partial charge in [0, 0.05) is 25.7 Å². The standard InChI is InChI=1S/C20H33N3O/c21-9-7-18-4-3-5-19(16-18)17-23-10-2-1-6-20(23)8-11-22-12-14-24-15-13-22/h3-5,16,20H,1-2,6-15,17,21H2/t20-/m0/s1. The summed E-state index contributed by atoms with van der Waals surface area (Å²) in [5.74, 6) is 0. The summed E-state index contributed by atoms with van der Waals surface area (Å²) in [5, 5.41) is 0. The molecule has 2 aliphatic heterocycles. The van der Waals surface area contributed by atoms with Crippen molar-refractivity contribution >= 4 is 0 Å². The minimum absolute atomic E-state index is 0.731. The summed E-state index contributed by atoms with van der Waals surface area (Å²) in [6.45, 7) is 8.31. The lowest BCUT2D eigenvalue weighted by Crippen LogP contribution is -2.43. The number of ether oxygens (including phenoxy) is 1. The second kappa shape index (κ2) is 9.52. The van der Waals surface area contributed by atoms with Gasteiger partial charge in [-0.05, 0) is 56.4 Å². The number of nitrogens with zero attached hydrogens (tertiary/aromatic N) is 2. The van der Waals surface area contributed by atoms with Gasteiger partial charge in [-0.1, -0.05) is 30.7 Å². The monoisotopic (exact) mass is 331 g/mol. The molecule has 24 heavy (non-hydrogen) atoms. The third-order valence-electron chi connectivity index (χ3n) is 5.44. The smallest absolute Gasteiger partial charge is 0.0594 e. The van der Waals surface area contributed by atoms with Crippen LogP contribution in [0, 0.1) is 0 Å². The third kappa shape index (κ3) is 5.28. The lowest BCUT2D eigenvalue weighted by Gasteiger charge is -2.37.